The van der Waals surface area contributed by atoms with Gasteiger partial charge in [-0.2, -0.15) is 0 Å². The Balaban J connectivity index is 0.000000138. The number of anilines is 1. The van der Waals surface area contributed by atoms with Crippen molar-refractivity contribution < 1.29 is 9.94 Å². The number of benzene rings is 2. The molecule has 3 rings (SSSR count). The van der Waals surface area contributed by atoms with Crippen molar-refractivity contribution in [2.24, 2.45) is 0 Å². The quantitative estimate of drug-likeness (QED) is 0.490. The molecule has 0 fully saturated rings. The van der Waals surface area contributed by atoms with Gasteiger partial charge in [0.05, 0.1) is 0 Å². The Morgan fingerprint density at radius 2 is 1.72 bits per heavy atom. The number of phenols is 1. The third-order valence-electron chi connectivity index (χ3n) is 2.31. The van der Waals surface area contributed by atoms with Gasteiger partial charge in [-0.25, -0.2) is 5.48 Å². The molecule has 0 bridgehead atoms. The van der Waals surface area contributed by atoms with Gasteiger partial charge >= 0.3 is 0 Å². The molecule has 2 aromatic carbocycles. The highest BCUT2D eigenvalue weighted by Crippen LogP contribution is 2.20. The SMILES string of the molecule is C1=Cc2ccccc2ON1.Nc1ccc(O)cc1. The molecule has 92 valence electrons. The van der Waals surface area contributed by atoms with Gasteiger partial charge < -0.3 is 15.7 Å². The second-order valence-electron chi connectivity index (χ2n) is 3.68. The Kier molecular flexibility index (Phi) is 3.71. The Labute approximate surface area is 105 Å². The number of rotatable bonds is 0. The zero-order valence-corrected chi connectivity index (χ0v) is 9.71. The van der Waals surface area contributed by atoms with Gasteiger partial charge in [0.25, 0.3) is 0 Å². The first-order valence-electron chi connectivity index (χ1n) is 5.48. The van der Waals surface area contributed by atoms with E-state index in [1.54, 1.807) is 30.5 Å². The summed E-state index contributed by atoms with van der Waals surface area (Å²) in [5.74, 6) is 1.13. The van der Waals surface area contributed by atoms with Crippen LogP contribution >= 0.6 is 0 Å². The maximum absolute atomic E-state index is 8.70. The number of hydroxylamine groups is 1. The summed E-state index contributed by atoms with van der Waals surface area (Å²) < 4.78 is 0. The van der Waals surface area contributed by atoms with Crippen LogP contribution in [0.4, 0.5) is 5.69 Å². The van der Waals surface area contributed by atoms with Crippen molar-refractivity contribution in [1.29, 1.82) is 0 Å². The summed E-state index contributed by atoms with van der Waals surface area (Å²) in [5.41, 5.74) is 9.76. The Bertz CT molecular complexity index is 515. The van der Waals surface area contributed by atoms with E-state index in [2.05, 4.69) is 5.48 Å². The van der Waals surface area contributed by atoms with Crippen LogP contribution in [-0.2, 0) is 0 Å². The molecular weight excluding hydrogens is 228 g/mol. The average molecular weight is 242 g/mol. The maximum atomic E-state index is 8.70. The fourth-order valence-corrected chi connectivity index (χ4v) is 1.41. The molecule has 4 nitrogen and oxygen atoms in total. The third-order valence-corrected chi connectivity index (χ3v) is 2.31. The molecule has 4 N–H and O–H groups in total. The van der Waals surface area contributed by atoms with Crippen LogP contribution < -0.4 is 16.1 Å². The summed E-state index contributed by atoms with van der Waals surface area (Å²) in [7, 11) is 0. The van der Waals surface area contributed by atoms with Gasteiger partial charge in [-0.1, -0.05) is 18.2 Å². The molecule has 0 atom stereocenters. The zero-order chi connectivity index (χ0) is 12.8. The lowest BCUT2D eigenvalue weighted by Gasteiger charge is -2.11. The summed E-state index contributed by atoms with van der Waals surface area (Å²) in [5, 5.41) is 8.70. The van der Waals surface area contributed by atoms with Gasteiger partial charge in [0.15, 0.2) is 5.75 Å². The molecule has 0 saturated heterocycles. The maximum Gasteiger partial charge on any atom is 0.162 e. The van der Waals surface area contributed by atoms with E-state index in [1.165, 1.54) is 0 Å². The largest absolute Gasteiger partial charge is 0.508 e. The standard InChI is InChI=1S/C8H7NO.C6H7NO/c1-2-4-8-7(3-1)5-6-9-10-8;7-5-1-3-6(8)4-2-5/h1-6,9H;1-4,8H,7H2. The van der Waals surface area contributed by atoms with Gasteiger partial charge in [0, 0.05) is 17.5 Å². The number of nitrogens with one attached hydrogen (secondary N) is 1. The van der Waals surface area contributed by atoms with Crippen molar-refractivity contribution in [2.75, 3.05) is 5.73 Å². The number of hydrogen-bond donors (Lipinski definition) is 3. The van der Waals surface area contributed by atoms with E-state index in [0.717, 1.165) is 11.3 Å². The van der Waals surface area contributed by atoms with E-state index in [4.69, 9.17) is 15.7 Å². The number of phenolic OH excluding ortho intramolecular Hbond substituents is 1. The highest BCUT2D eigenvalue weighted by molar-refractivity contribution is 5.57. The molecule has 18 heavy (non-hydrogen) atoms. The normalized spacial score (nSPS) is 11.3. The van der Waals surface area contributed by atoms with Crippen molar-refractivity contribution in [3.63, 3.8) is 0 Å². The van der Waals surface area contributed by atoms with E-state index < -0.39 is 0 Å². The predicted molar refractivity (Wildman–Crippen MR) is 71.8 cm³/mol. The monoisotopic (exact) mass is 242 g/mol. The number of aromatic hydroxyl groups is 1. The lowest BCUT2D eigenvalue weighted by molar-refractivity contribution is 0.239. The molecule has 0 aromatic heterocycles. The molecule has 1 aliphatic rings. The van der Waals surface area contributed by atoms with Crippen LogP contribution in [0.25, 0.3) is 6.08 Å². The van der Waals surface area contributed by atoms with Crippen LogP contribution in [-0.4, -0.2) is 5.11 Å². The zero-order valence-electron chi connectivity index (χ0n) is 9.71. The van der Waals surface area contributed by atoms with Gasteiger partial charge in [0.1, 0.15) is 5.75 Å². The second kappa shape index (κ2) is 5.63. The Hall–Kier alpha value is -2.62. The molecule has 4 heteroatoms. The topological polar surface area (TPSA) is 67.5 Å². The summed E-state index contributed by atoms with van der Waals surface area (Å²) in [4.78, 5) is 5.09. The molecule has 0 unspecified atom stereocenters. The van der Waals surface area contributed by atoms with Gasteiger partial charge in [-0.15, -0.1) is 0 Å². The van der Waals surface area contributed by atoms with Crippen molar-refractivity contribution in [3.05, 3.63) is 60.3 Å². The minimum atomic E-state index is 0.249. The third kappa shape index (κ3) is 3.18. The fraction of sp³-hybridized carbons (Fsp3) is 0. The van der Waals surface area contributed by atoms with Gasteiger partial charge in [-0.3, -0.25) is 0 Å². The number of fused-ring (bicyclic) bond motifs is 1. The van der Waals surface area contributed by atoms with Gasteiger partial charge in [0.2, 0.25) is 0 Å². The Morgan fingerprint density at radius 1 is 1.00 bits per heavy atom. The van der Waals surface area contributed by atoms with Crippen molar-refractivity contribution in [1.82, 2.24) is 5.48 Å². The molecule has 0 spiro atoms. The van der Waals surface area contributed by atoms with Crippen LogP contribution in [0.1, 0.15) is 5.56 Å². The van der Waals surface area contributed by atoms with Crippen LogP contribution in [0.5, 0.6) is 11.5 Å². The number of para-hydroxylation sites is 1. The van der Waals surface area contributed by atoms with E-state index in [9.17, 15) is 0 Å². The first-order valence-corrected chi connectivity index (χ1v) is 5.48. The van der Waals surface area contributed by atoms with Crippen molar-refractivity contribution in [3.8, 4) is 11.5 Å². The lowest BCUT2D eigenvalue weighted by atomic mass is 10.2. The molecule has 2 aromatic rings. The first-order chi connectivity index (χ1) is 8.75. The second-order valence-corrected chi connectivity index (χ2v) is 3.68. The van der Waals surface area contributed by atoms with Crippen LogP contribution in [0.15, 0.2) is 54.7 Å². The Morgan fingerprint density at radius 3 is 2.39 bits per heavy atom. The summed E-state index contributed by atoms with van der Waals surface area (Å²) in [6, 6.07) is 14.3. The highest BCUT2D eigenvalue weighted by atomic mass is 16.6. The van der Waals surface area contributed by atoms with Gasteiger partial charge in [-0.05, 0) is 36.4 Å². The van der Waals surface area contributed by atoms with Crippen molar-refractivity contribution in [2.45, 2.75) is 0 Å². The van der Waals surface area contributed by atoms with Crippen molar-refractivity contribution >= 4 is 11.8 Å². The summed E-state index contributed by atoms with van der Waals surface area (Å²) in [6.07, 6.45) is 3.74. The summed E-state index contributed by atoms with van der Waals surface area (Å²) >= 11 is 0. The van der Waals surface area contributed by atoms with Crippen LogP contribution in [0.3, 0.4) is 0 Å². The molecule has 0 saturated carbocycles. The molecule has 1 aliphatic heterocycles. The fourth-order valence-electron chi connectivity index (χ4n) is 1.41. The van der Waals surface area contributed by atoms with E-state index in [1.807, 2.05) is 30.3 Å². The van der Waals surface area contributed by atoms with E-state index >= 15 is 0 Å². The van der Waals surface area contributed by atoms with Crippen LogP contribution in [0, 0.1) is 0 Å². The molecule has 0 radical (unpaired) electrons. The smallest absolute Gasteiger partial charge is 0.162 e. The minimum absolute atomic E-state index is 0.249. The average Bonchev–Trinajstić information content (AvgIpc) is 2.43. The molecule has 0 aliphatic carbocycles. The first kappa shape index (κ1) is 11.9. The predicted octanol–water partition coefficient (Wildman–Crippen LogP) is 2.53. The molecular formula is C14H14N2O2. The summed E-state index contributed by atoms with van der Waals surface area (Å²) in [6.45, 7) is 0. The lowest BCUT2D eigenvalue weighted by Crippen LogP contribution is -2.13. The molecule has 0 amide bonds. The van der Waals surface area contributed by atoms with E-state index in [0.29, 0.717) is 5.69 Å². The number of hydrogen-bond acceptors (Lipinski definition) is 4. The molecule has 1 heterocycles. The minimum Gasteiger partial charge on any atom is -0.508 e. The number of nitrogens with two attached hydrogens (primary N) is 1. The highest BCUT2D eigenvalue weighted by Gasteiger charge is 2.01. The van der Waals surface area contributed by atoms with E-state index in [-0.39, 0.29) is 5.75 Å². The number of nitrogen functional groups attached to an aromatic ring is 1. The van der Waals surface area contributed by atoms with Crippen LogP contribution in [0.2, 0.25) is 0 Å².